The van der Waals surface area contributed by atoms with Crippen LogP contribution in [0.3, 0.4) is 0 Å². The molecule has 0 aliphatic carbocycles. The van der Waals surface area contributed by atoms with Crippen LogP contribution in [0.4, 0.5) is 0 Å². The highest BCUT2D eigenvalue weighted by molar-refractivity contribution is 5.85. The number of hydrogen-bond acceptors (Lipinski definition) is 3. The molecule has 1 aromatic heterocycles. The van der Waals surface area contributed by atoms with Gasteiger partial charge in [0.05, 0.1) is 0 Å². The number of rotatable bonds is 1. The van der Waals surface area contributed by atoms with Crippen LogP contribution >= 0.6 is 12.4 Å². The van der Waals surface area contributed by atoms with Gasteiger partial charge in [-0.3, -0.25) is 0 Å². The quantitative estimate of drug-likeness (QED) is 0.594. The van der Waals surface area contributed by atoms with E-state index in [4.69, 9.17) is 5.41 Å². The van der Waals surface area contributed by atoms with Gasteiger partial charge in [-0.25, -0.2) is 9.97 Å². The Bertz CT molecular complexity index is 175. The Morgan fingerprint density at radius 3 is 2.22 bits per heavy atom. The number of aromatic nitrogens is 2. The van der Waals surface area contributed by atoms with Crippen LogP contribution in [0.1, 0.15) is 5.56 Å². The van der Waals surface area contributed by atoms with Crippen LogP contribution in [0.5, 0.6) is 0 Å². The number of halogens is 1. The second kappa shape index (κ2) is 3.97. The summed E-state index contributed by atoms with van der Waals surface area (Å²) < 4.78 is 0. The Kier molecular flexibility index (Phi) is 3.55. The van der Waals surface area contributed by atoms with Crippen molar-refractivity contribution >= 4 is 18.6 Å². The molecule has 1 rings (SSSR count). The van der Waals surface area contributed by atoms with Crippen molar-refractivity contribution in [3.05, 3.63) is 24.3 Å². The molecule has 0 unspecified atom stereocenters. The summed E-state index contributed by atoms with van der Waals surface area (Å²) >= 11 is 0. The lowest BCUT2D eigenvalue weighted by Gasteiger charge is -1.82. The highest BCUT2D eigenvalue weighted by Gasteiger charge is 1.79. The summed E-state index contributed by atoms with van der Waals surface area (Å²) in [4.78, 5) is 7.39. The van der Waals surface area contributed by atoms with E-state index >= 15 is 0 Å². The molecule has 0 bridgehead atoms. The van der Waals surface area contributed by atoms with Gasteiger partial charge in [0.15, 0.2) is 0 Å². The predicted octanol–water partition coefficient (Wildman–Crippen LogP) is 0.896. The van der Waals surface area contributed by atoms with Crippen LogP contribution in [-0.4, -0.2) is 16.2 Å². The first-order valence-electron chi connectivity index (χ1n) is 2.19. The lowest BCUT2D eigenvalue weighted by atomic mass is 10.4. The van der Waals surface area contributed by atoms with Gasteiger partial charge in [0, 0.05) is 24.2 Å². The van der Waals surface area contributed by atoms with E-state index in [1.807, 2.05) is 0 Å². The van der Waals surface area contributed by atoms with Crippen LogP contribution < -0.4 is 0 Å². The molecule has 0 spiro atoms. The highest BCUT2D eigenvalue weighted by Crippen LogP contribution is 1.83. The van der Waals surface area contributed by atoms with E-state index < -0.39 is 0 Å². The molecule has 0 saturated heterocycles. The third-order valence-corrected chi connectivity index (χ3v) is 0.747. The van der Waals surface area contributed by atoms with Crippen molar-refractivity contribution in [2.75, 3.05) is 0 Å². The molecule has 4 heteroatoms. The topological polar surface area (TPSA) is 49.6 Å². The van der Waals surface area contributed by atoms with Gasteiger partial charge in [0.1, 0.15) is 6.33 Å². The van der Waals surface area contributed by atoms with E-state index in [9.17, 15) is 0 Å². The summed E-state index contributed by atoms with van der Waals surface area (Å²) in [5.41, 5.74) is 0.729. The Hall–Kier alpha value is -0.960. The molecule has 1 heterocycles. The normalized spacial score (nSPS) is 7.56. The molecule has 0 aromatic carbocycles. The van der Waals surface area contributed by atoms with Gasteiger partial charge in [-0.15, -0.1) is 12.4 Å². The van der Waals surface area contributed by atoms with Crippen molar-refractivity contribution < 1.29 is 0 Å². The summed E-state index contributed by atoms with van der Waals surface area (Å²) in [5.74, 6) is 0. The van der Waals surface area contributed by atoms with Gasteiger partial charge in [-0.05, 0) is 0 Å². The minimum atomic E-state index is 0. The molecule has 1 N–H and O–H groups in total. The average Bonchev–Trinajstić information content (AvgIpc) is 1.90. The fraction of sp³-hybridized carbons (Fsp3) is 0. The Labute approximate surface area is 59.1 Å². The van der Waals surface area contributed by atoms with Gasteiger partial charge in [-0.2, -0.15) is 0 Å². The zero-order valence-electron chi connectivity index (χ0n) is 4.61. The lowest BCUT2D eigenvalue weighted by Crippen LogP contribution is -1.81. The Balaban J connectivity index is 0.000000640. The van der Waals surface area contributed by atoms with Gasteiger partial charge in [0.25, 0.3) is 0 Å². The van der Waals surface area contributed by atoms with Crippen LogP contribution in [0, 0.1) is 5.41 Å². The summed E-state index contributed by atoms with van der Waals surface area (Å²) in [5, 5.41) is 6.74. The van der Waals surface area contributed by atoms with Crippen LogP contribution in [0.2, 0.25) is 0 Å². The zero-order chi connectivity index (χ0) is 5.82. The van der Waals surface area contributed by atoms with Crippen molar-refractivity contribution in [1.29, 1.82) is 5.41 Å². The van der Waals surface area contributed by atoms with Crippen LogP contribution in [-0.2, 0) is 0 Å². The van der Waals surface area contributed by atoms with Crippen molar-refractivity contribution in [2.24, 2.45) is 0 Å². The molecule has 0 saturated carbocycles. The van der Waals surface area contributed by atoms with Gasteiger partial charge < -0.3 is 5.41 Å². The van der Waals surface area contributed by atoms with Gasteiger partial charge in [-0.1, -0.05) is 0 Å². The summed E-state index contributed by atoms with van der Waals surface area (Å²) in [6.07, 6.45) is 5.81. The maximum absolute atomic E-state index is 6.74. The first-order valence-corrected chi connectivity index (χ1v) is 2.19. The number of hydrogen-bond donors (Lipinski definition) is 1. The summed E-state index contributed by atoms with van der Waals surface area (Å²) in [6.45, 7) is 0. The minimum Gasteiger partial charge on any atom is -0.308 e. The van der Waals surface area contributed by atoms with E-state index in [-0.39, 0.29) is 12.4 Å². The molecule has 1 aromatic rings. The van der Waals surface area contributed by atoms with E-state index in [0.717, 1.165) is 5.56 Å². The average molecular weight is 144 g/mol. The third-order valence-electron chi connectivity index (χ3n) is 0.747. The Morgan fingerprint density at radius 2 is 1.89 bits per heavy atom. The molecule has 0 atom stereocenters. The number of nitrogens with one attached hydrogen (secondary N) is 1. The van der Waals surface area contributed by atoms with Crippen molar-refractivity contribution in [2.45, 2.75) is 0 Å². The molecule has 3 nitrogen and oxygen atoms in total. The third kappa shape index (κ3) is 2.19. The largest absolute Gasteiger partial charge is 0.308 e. The molecular formula is C5H6ClN3. The fourth-order valence-electron chi connectivity index (χ4n) is 0.385. The molecule has 48 valence electrons. The standard InChI is InChI=1S/C5H5N3.ClH/c6-1-5-2-7-4-8-3-5;/h1-4,6H;1H. The predicted molar refractivity (Wildman–Crippen MR) is 37.2 cm³/mol. The zero-order valence-corrected chi connectivity index (χ0v) is 5.43. The maximum Gasteiger partial charge on any atom is 0.115 e. The Morgan fingerprint density at radius 1 is 1.33 bits per heavy atom. The SMILES string of the molecule is Cl.N=Cc1cncnc1. The molecule has 0 fully saturated rings. The smallest absolute Gasteiger partial charge is 0.115 e. The minimum absolute atomic E-state index is 0. The molecule has 0 radical (unpaired) electrons. The molecule has 0 amide bonds. The fourth-order valence-corrected chi connectivity index (χ4v) is 0.385. The first-order chi connectivity index (χ1) is 3.93. The van der Waals surface area contributed by atoms with Gasteiger partial charge in [0.2, 0.25) is 0 Å². The molecule has 0 aliphatic heterocycles. The highest BCUT2D eigenvalue weighted by atomic mass is 35.5. The van der Waals surface area contributed by atoms with E-state index in [2.05, 4.69) is 9.97 Å². The van der Waals surface area contributed by atoms with Crippen LogP contribution in [0.15, 0.2) is 18.7 Å². The second-order valence-electron chi connectivity index (χ2n) is 1.32. The van der Waals surface area contributed by atoms with Crippen LogP contribution in [0.25, 0.3) is 0 Å². The second-order valence-corrected chi connectivity index (χ2v) is 1.32. The van der Waals surface area contributed by atoms with E-state index in [1.54, 1.807) is 12.4 Å². The van der Waals surface area contributed by atoms with E-state index in [0.29, 0.717) is 0 Å². The van der Waals surface area contributed by atoms with Crippen molar-refractivity contribution in [1.82, 2.24) is 9.97 Å². The lowest BCUT2D eigenvalue weighted by molar-refractivity contribution is 1.16. The van der Waals surface area contributed by atoms with Crippen molar-refractivity contribution in [3.63, 3.8) is 0 Å². The van der Waals surface area contributed by atoms with Crippen molar-refractivity contribution in [3.8, 4) is 0 Å². The summed E-state index contributed by atoms with van der Waals surface area (Å²) in [6, 6.07) is 0. The molecule has 0 aliphatic rings. The van der Waals surface area contributed by atoms with E-state index in [1.165, 1.54) is 12.5 Å². The monoisotopic (exact) mass is 143 g/mol. The summed E-state index contributed by atoms with van der Waals surface area (Å²) in [7, 11) is 0. The first kappa shape index (κ1) is 8.04. The molecule has 9 heavy (non-hydrogen) atoms. The number of nitrogens with zero attached hydrogens (tertiary/aromatic N) is 2. The molecular weight excluding hydrogens is 138 g/mol. The van der Waals surface area contributed by atoms with Gasteiger partial charge >= 0.3 is 0 Å². The maximum atomic E-state index is 6.74.